The van der Waals surface area contributed by atoms with Crippen molar-refractivity contribution in [2.45, 2.75) is 39.2 Å². The summed E-state index contributed by atoms with van der Waals surface area (Å²) in [6.45, 7) is 4.26. The fraction of sp³-hybridized carbons (Fsp3) is 0.692. The van der Waals surface area contributed by atoms with Crippen LogP contribution in [0.2, 0.25) is 0 Å². The molecular weight excluding hydrogens is 230 g/mol. The molecule has 4 N–H and O–H groups in total. The topological polar surface area (TPSA) is 84.2 Å². The van der Waals surface area contributed by atoms with Gasteiger partial charge in [-0.2, -0.15) is 0 Å². The predicted molar refractivity (Wildman–Crippen MR) is 71.5 cm³/mol. The van der Waals surface area contributed by atoms with Crippen LogP contribution in [-0.4, -0.2) is 30.9 Å². The van der Waals surface area contributed by atoms with Crippen LogP contribution in [0.4, 0.5) is 0 Å². The van der Waals surface area contributed by atoms with Crippen LogP contribution in [0.3, 0.4) is 0 Å². The third kappa shape index (κ3) is 7.69. The van der Waals surface area contributed by atoms with Gasteiger partial charge in [0.25, 0.3) is 0 Å². The zero-order valence-electron chi connectivity index (χ0n) is 11.2. The lowest BCUT2D eigenvalue weighted by molar-refractivity contribution is -0.127. The minimum atomic E-state index is -0.576. The van der Waals surface area contributed by atoms with Crippen molar-refractivity contribution in [2.75, 3.05) is 13.1 Å². The average Bonchev–Trinajstić information content (AvgIpc) is 2.34. The molecule has 0 bridgehead atoms. The Labute approximate surface area is 109 Å². The van der Waals surface area contributed by atoms with Gasteiger partial charge in [-0.15, -0.1) is 12.3 Å². The van der Waals surface area contributed by atoms with Gasteiger partial charge in [-0.1, -0.05) is 13.8 Å². The van der Waals surface area contributed by atoms with Crippen LogP contribution in [0.5, 0.6) is 0 Å². The van der Waals surface area contributed by atoms with E-state index in [4.69, 9.17) is 12.2 Å². The van der Waals surface area contributed by atoms with Crippen molar-refractivity contribution in [3.8, 4) is 12.3 Å². The maximum atomic E-state index is 11.5. The Balaban J connectivity index is 3.65. The fourth-order valence-electron chi connectivity index (χ4n) is 1.23. The Hall–Kier alpha value is -1.54. The van der Waals surface area contributed by atoms with Gasteiger partial charge >= 0.3 is 0 Å². The first-order chi connectivity index (χ1) is 8.49. The van der Waals surface area contributed by atoms with E-state index < -0.39 is 6.04 Å². The highest BCUT2D eigenvalue weighted by atomic mass is 16.2. The zero-order valence-corrected chi connectivity index (χ0v) is 11.2. The second kappa shape index (κ2) is 9.49. The van der Waals surface area contributed by atoms with Gasteiger partial charge in [0.15, 0.2) is 0 Å². The number of hydrogen-bond donors (Lipinski definition) is 3. The number of terminal acetylenes is 1. The molecule has 0 aliphatic heterocycles. The summed E-state index contributed by atoms with van der Waals surface area (Å²) >= 11 is 0. The molecule has 0 unspecified atom stereocenters. The minimum Gasteiger partial charge on any atom is -0.355 e. The zero-order chi connectivity index (χ0) is 14.0. The van der Waals surface area contributed by atoms with E-state index in [9.17, 15) is 9.59 Å². The SMILES string of the molecule is C#CCCCCNC(=O)CNC(=O)[C@@H](N)C(C)C. The maximum Gasteiger partial charge on any atom is 0.239 e. The Bertz CT molecular complexity index is 308. The van der Waals surface area contributed by atoms with E-state index in [2.05, 4.69) is 16.6 Å². The van der Waals surface area contributed by atoms with Crippen molar-refractivity contribution in [3.05, 3.63) is 0 Å². The van der Waals surface area contributed by atoms with Gasteiger partial charge in [0.05, 0.1) is 12.6 Å². The second-order valence-electron chi connectivity index (χ2n) is 4.50. The molecule has 0 spiro atoms. The lowest BCUT2D eigenvalue weighted by atomic mass is 10.1. The highest BCUT2D eigenvalue weighted by Gasteiger charge is 2.17. The van der Waals surface area contributed by atoms with E-state index in [0.717, 1.165) is 19.3 Å². The van der Waals surface area contributed by atoms with Crippen molar-refractivity contribution in [2.24, 2.45) is 11.7 Å². The standard InChI is InChI=1S/C13H23N3O2/c1-4-5-6-7-8-15-11(17)9-16-13(18)12(14)10(2)3/h1,10,12H,5-9,14H2,2-3H3,(H,15,17)(H,16,18)/t12-/m0/s1. The summed E-state index contributed by atoms with van der Waals surface area (Å²) in [5.74, 6) is 2.08. The number of unbranched alkanes of at least 4 members (excludes halogenated alkanes) is 2. The van der Waals surface area contributed by atoms with Crippen LogP contribution >= 0.6 is 0 Å². The number of rotatable bonds is 8. The van der Waals surface area contributed by atoms with Crippen LogP contribution in [0.1, 0.15) is 33.1 Å². The van der Waals surface area contributed by atoms with Gasteiger partial charge in [-0.3, -0.25) is 9.59 Å². The maximum absolute atomic E-state index is 11.5. The molecule has 0 aromatic rings. The summed E-state index contributed by atoms with van der Waals surface area (Å²) in [6.07, 6.45) is 7.56. The number of amides is 2. The van der Waals surface area contributed by atoms with E-state index in [1.807, 2.05) is 13.8 Å². The molecule has 18 heavy (non-hydrogen) atoms. The Morgan fingerprint density at radius 1 is 1.28 bits per heavy atom. The number of hydrogen-bond acceptors (Lipinski definition) is 3. The Morgan fingerprint density at radius 2 is 1.94 bits per heavy atom. The lowest BCUT2D eigenvalue weighted by Gasteiger charge is -2.15. The third-order valence-electron chi connectivity index (χ3n) is 2.51. The molecule has 5 heteroatoms. The summed E-state index contributed by atoms with van der Waals surface area (Å²) < 4.78 is 0. The summed E-state index contributed by atoms with van der Waals surface area (Å²) in [6, 6.07) is -0.576. The normalized spacial score (nSPS) is 11.7. The molecule has 1 atom stereocenters. The average molecular weight is 253 g/mol. The molecule has 0 saturated carbocycles. The molecule has 0 saturated heterocycles. The van der Waals surface area contributed by atoms with Gasteiger partial charge < -0.3 is 16.4 Å². The lowest BCUT2D eigenvalue weighted by Crippen LogP contribution is -2.47. The third-order valence-corrected chi connectivity index (χ3v) is 2.51. The van der Waals surface area contributed by atoms with E-state index in [1.165, 1.54) is 0 Å². The van der Waals surface area contributed by atoms with Gasteiger partial charge in [-0.25, -0.2) is 0 Å². The number of nitrogens with one attached hydrogen (secondary N) is 2. The largest absolute Gasteiger partial charge is 0.355 e. The molecule has 0 aliphatic carbocycles. The molecular formula is C13H23N3O2. The number of carbonyl (C=O) groups is 2. The highest BCUT2D eigenvalue weighted by molar-refractivity contribution is 5.87. The number of carbonyl (C=O) groups excluding carboxylic acids is 2. The molecule has 0 radical (unpaired) electrons. The van der Waals surface area contributed by atoms with Crippen LogP contribution in [0, 0.1) is 18.3 Å². The van der Waals surface area contributed by atoms with Gasteiger partial charge in [0.1, 0.15) is 0 Å². The van der Waals surface area contributed by atoms with Crippen LogP contribution in [0.25, 0.3) is 0 Å². The van der Waals surface area contributed by atoms with E-state index in [1.54, 1.807) is 0 Å². The number of nitrogens with two attached hydrogens (primary N) is 1. The predicted octanol–water partition coefficient (Wildman–Crippen LogP) is 0.00560. The first-order valence-corrected chi connectivity index (χ1v) is 6.22. The van der Waals surface area contributed by atoms with Crippen molar-refractivity contribution < 1.29 is 9.59 Å². The van der Waals surface area contributed by atoms with Crippen molar-refractivity contribution in [3.63, 3.8) is 0 Å². The van der Waals surface area contributed by atoms with Crippen molar-refractivity contribution in [1.82, 2.24) is 10.6 Å². The molecule has 0 aromatic heterocycles. The summed E-state index contributed by atoms with van der Waals surface area (Å²) in [5, 5.41) is 5.21. The molecule has 0 fully saturated rings. The summed E-state index contributed by atoms with van der Waals surface area (Å²) in [5.41, 5.74) is 5.64. The fourth-order valence-corrected chi connectivity index (χ4v) is 1.23. The molecule has 102 valence electrons. The molecule has 0 aromatic carbocycles. The molecule has 2 amide bonds. The van der Waals surface area contributed by atoms with E-state index in [-0.39, 0.29) is 24.3 Å². The quantitative estimate of drug-likeness (QED) is 0.421. The highest BCUT2D eigenvalue weighted by Crippen LogP contribution is 1.97. The van der Waals surface area contributed by atoms with Crippen molar-refractivity contribution in [1.29, 1.82) is 0 Å². The molecule has 5 nitrogen and oxygen atoms in total. The molecule has 0 heterocycles. The minimum absolute atomic E-state index is 0.0333. The Kier molecular flexibility index (Phi) is 8.67. The first-order valence-electron chi connectivity index (χ1n) is 6.22. The summed E-state index contributed by atoms with van der Waals surface area (Å²) in [4.78, 5) is 22.8. The van der Waals surface area contributed by atoms with E-state index >= 15 is 0 Å². The van der Waals surface area contributed by atoms with Gasteiger partial charge in [0, 0.05) is 13.0 Å². The van der Waals surface area contributed by atoms with Crippen LogP contribution in [0.15, 0.2) is 0 Å². The smallest absolute Gasteiger partial charge is 0.239 e. The van der Waals surface area contributed by atoms with Gasteiger partial charge in [0.2, 0.25) is 11.8 Å². The summed E-state index contributed by atoms with van der Waals surface area (Å²) in [7, 11) is 0. The molecule has 0 rings (SSSR count). The second-order valence-corrected chi connectivity index (χ2v) is 4.50. The Morgan fingerprint density at radius 3 is 2.50 bits per heavy atom. The van der Waals surface area contributed by atoms with E-state index in [0.29, 0.717) is 6.54 Å². The molecule has 0 aliphatic rings. The van der Waals surface area contributed by atoms with Crippen molar-refractivity contribution >= 4 is 11.8 Å². The first kappa shape index (κ1) is 16.5. The van der Waals surface area contributed by atoms with Crippen LogP contribution in [-0.2, 0) is 9.59 Å². The monoisotopic (exact) mass is 253 g/mol. The van der Waals surface area contributed by atoms with Crippen LogP contribution < -0.4 is 16.4 Å². The van der Waals surface area contributed by atoms with Gasteiger partial charge in [-0.05, 0) is 18.8 Å².